The van der Waals surface area contributed by atoms with Crippen LogP contribution in [-0.2, 0) is 9.59 Å². The van der Waals surface area contributed by atoms with Crippen LogP contribution in [0.4, 0.5) is 5.13 Å². The molecule has 0 atom stereocenters. The largest absolute Gasteiger partial charge is 0.422 e. The van der Waals surface area contributed by atoms with E-state index in [9.17, 15) is 14.4 Å². The molecule has 2 N–H and O–H groups in total. The van der Waals surface area contributed by atoms with Crippen LogP contribution in [0.5, 0.6) is 5.75 Å². The van der Waals surface area contributed by atoms with Crippen LogP contribution in [0, 0.1) is 6.92 Å². The minimum Gasteiger partial charge on any atom is -0.422 e. The van der Waals surface area contributed by atoms with Crippen molar-refractivity contribution in [2.45, 2.75) is 6.92 Å². The second-order valence-corrected chi connectivity index (χ2v) is 9.26. The highest BCUT2D eigenvalue weighted by atomic mass is 79.9. The number of anilines is 1. The van der Waals surface area contributed by atoms with Crippen molar-refractivity contribution in [1.82, 2.24) is 15.6 Å². The lowest BCUT2D eigenvalue weighted by molar-refractivity contribution is -0.136. The molecule has 4 rings (SSSR count). The van der Waals surface area contributed by atoms with E-state index in [1.54, 1.807) is 30.3 Å². The Morgan fingerprint density at radius 2 is 1.72 bits per heavy atom. The first-order valence-electron chi connectivity index (χ1n) is 10.5. The molecular formula is C25H18BrN5O4S. The molecule has 36 heavy (non-hydrogen) atoms. The monoisotopic (exact) mass is 563 g/mol. The molecule has 0 spiro atoms. The van der Waals surface area contributed by atoms with E-state index < -0.39 is 17.8 Å². The average Bonchev–Trinajstić information content (AvgIpc) is 3.35. The number of nitrogens with zero attached hydrogens (tertiary/aromatic N) is 3. The number of esters is 1. The van der Waals surface area contributed by atoms with Gasteiger partial charge in [-0.2, -0.15) is 5.10 Å². The number of hydrogen-bond acceptors (Lipinski definition) is 8. The molecule has 180 valence electrons. The molecule has 3 aromatic carbocycles. The average molecular weight is 564 g/mol. The lowest BCUT2D eigenvalue weighted by atomic mass is 10.1. The van der Waals surface area contributed by atoms with Gasteiger partial charge < -0.3 is 4.74 Å². The molecule has 0 aliphatic heterocycles. The number of aryl methyl sites for hydroxylation is 1. The molecule has 4 aromatic rings. The molecule has 0 bridgehead atoms. The predicted octanol–water partition coefficient (Wildman–Crippen LogP) is 4.58. The molecule has 0 unspecified atom stereocenters. The zero-order chi connectivity index (χ0) is 25.5. The Balaban J connectivity index is 1.38. The smallest absolute Gasteiger partial charge is 0.343 e. The molecule has 11 heteroatoms. The third-order valence-corrected chi connectivity index (χ3v) is 6.08. The lowest BCUT2D eigenvalue weighted by Crippen LogP contribution is -2.32. The predicted molar refractivity (Wildman–Crippen MR) is 140 cm³/mol. The van der Waals surface area contributed by atoms with Gasteiger partial charge in [0.05, 0.1) is 11.8 Å². The van der Waals surface area contributed by atoms with Crippen LogP contribution >= 0.6 is 27.3 Å². The van der Waals surface area contributed by atoms with Crippen molar-refractivity contribution >= 4 is 56.4 Å². The highest BCUT2D eigenvalue weighted by molar-refractivity contribution is 9.10. The van der Waals surface area contributed by atoms with Gasteiger partial charge >= 0.3 is 17.8 Å². The van der Waals surface area contributed by atoms with Gasteiger partial charge in [-0.1, -0.05) is 75.3 Å². The summed E-state index contributed by atoms with van der Waals surface area (Å²) in [7, 11) is 0. The summed E-state index contributed by atoms with van der Waals surface area (Å²) >= 11 is 4.48. The molecule has 0 aliphatic carbocycles. The number of aromatic nitrogens is 2. The number of halogens is 1. The summed E-state index contributed by atoms with van der Waals surface area (Å²) in [6.07, 6.45) is 1.27. The van der Waals surface area contributed by atoms with Crippen LogP contribution in [0.3, 0.4) is 0 Å². The van der Waals surface area contributed by atoms with E-state index in [0.29, 0.717) is 20.6 Å². The van der Waals surface area contributed by atoms with Gasteiger partial charge in [0.25, 0.3) is 0 Å². The Hall–Kier alpha value is -4.22. The number of carbonyl (C=O) groups is 3. The number of ether oxygens (including phenoxy) is 1. The fraction of sp³-hybridized carbons (Fsp3) is 0.0400. The lowest BCUT2D eigenvalue weighted by Gasteiger charge is -2.08. The Labute approximate surface area is 218 Å². The second kappa shape index (κ2) is 11.5. The molecule has 0 saturated carbocycles. The Kier molecular flexibility index (Phi) is 7.93. The van der Waals surface area contributed by atoms with Gasteiger partial charge in [-0.25, -0.2) is 10.2 Å². The van der Waals surface area contributed by atoms with Crippen molar-refractivity contribution in [2.75, 3.05) is 5.32 Å². The first-order chi connectivity index (χ1) is 17.4. The van der Waals surface area contributed by atoms with Crippen LogP contribution < -0.4 is 15.5 Å². The van der Waals surface area contributed by atoms with Gasteiger partial charge in [-0.3, -0.25) is 14.9 Å². The molecular weight excluding hydrogens is 546 g/mol. The number of benzene rings is 3. The van der Waals surface area contributed by atoms with Crippen molar-refractivity contribution in [1.29, 1.82) is 0 Å². The molecule has 9 nitrogen and oxygen atoms in total. The van der Waals surface area contributed by atoms with Gasteiger partial charge in [-0.05, 0) is 37.3 Å². The number of hydrazone groups is 1. The van der Waals surface area contributed by atoms with Gasteiger partial charge in [0.2, 0.25) is 5.13 Å². The normalized spacial score (nSPS) is 10.7. The number of carbonyl (C=O) groups excluding carboxylic acids is 3. The van der Waals surface area contributed by atoms with Crippen LogP contribution in [0.1, 0.15) is 21.5 Å². The quantitative estimate of drug-likeness (QED) is 0.116. The fourth-order valence-electron chi connectivity index (χ4n) is 2.90. The highest BCUT2D eigenvalue weighted by Crippen LogP contribution is 2.26. The third-order valence-electron chi connectivity index (χ3n) is 4.70. The number of hydrogen-bond donors (Lipinski definition) is 2. The Morgan fingerprint density at radius 1 is 0.972 bits per heavy atom. The topological polar surface area (TPSA) is 123 Å². The third kappa shape index (κ3) is 6.46. The van der Waals surface area contributed by atoms with E-state index in [1.165, 1.54) is 6.21 Å². The molecule has 1 aromatic heterocycles. The van der Waals surface area contributed by atoms with E-state index in [0.717, 1.165) is 22.5 Å². The highest BCUT2D eigenvalue weighted by Gasteiger charge is 2.16. The first kappa shape index (κ1) is 24.9. The van der Waals surface area contributed by atoms with Crippen molar-refractivity contribution in [3.8, 4) is 16.3 Å². The molecule has 0 aliphatic rings. The van der Waals surface area contributed by atoms with Crippen LogP contribution in [0.15, 0.2) is 82.4 Å². The molecule has 1 heterocycles. The van der Waals surface area contributed by atoms with Crippen LogP contribution in [0.25, 0.3) is 10.6 Å². The number of rotatable bonds is 6. The van der Waals surface area contributed by atoms with E-state index in [4.69, 9.17) is 4.74 Å². The summed E-state index contributed by atoms with van der Waals surface area (Å²) in [4.78, 5) is 36.9. The Morgan fingerprint density at radius 3 is 2.47 bits per heavy atom. The first-order valence-corrected chi connectivity index (χ1v) is 12.1. The standard InChI is InChI=1S/C25H18BrN5O4S/c1-15-7-9-17(10-8-15)24(34)35-20-12-11-19(26)13-18(20)14-27-29-22(33)21(32)28-25-31-30-23(36-25)16-5-3-2-4-6-16/h2-14H,1H3,(H,29,33)(H,28,31,32)/b27-14-. The fourth-order valence-corrected chi connectivity index (χ4v) is 4.02. The zero-order valence-corrected chi connectivity index (χ0v) is 21.2. The van der Waals surface area contributed by atoms with Gasteiger partial charge in [0, 0.05) is 15.6 Å². The van der Waals surface area contributed by atoms with E-state index in [2.05, 4.69) is 42.0 Å². The Bertz CT molecular complexity index is 1440. The molecule has 0 radical (unpaired) electrons. The summed E-state index contributed by atoms with van der Waals surface area (Å²) < 4.78 is 6.19. The van der Waals surface area contributed by atoms with E-state index in [-0.39, 0.29) is 10.9 Å². The summed E-state index contributed by atoms with van der Waals surface area (Å²) in [6, 6.07) is 21.2. The molecule has 0 saturated heterocycles. The minimum atomic E-state index is -1.00. The van der Waals surface area contributed by atoms with Crippen molar-refractivity contribution in [3.05, 3.63) is 94.0 Å². The van der Waals surface area contributed by atoms with Crippen molar-refractivity contribution in [2.24, 2.45) is 5.10 Å². The molecule has 0 fully saturated rings. The van der Waals surface area contributed by atoms with Gasteiger partial charge in [-0.15, -0.1) is 10.2 Å². The molecule has 2 amide bonds. The maximum absolute atomic E-state index is 12.5. The zero-order valence-electron chi connectivity index (χ0n) is 18.8. The SMILES string of the molecule is Cc1ccc(C(=O)Oc2ccc(Br)cc2/C=N\NC(=O)C(=O)Nc2nnc(-c3ccccc3)s2)cc1. The van der Waals surface area contributed by atoms with Crippen molar-refractivity contribution < 1.29 is 19.1 Å². The minimum absolute atomic E-state index is 0.176. The van der Waals surface area contributed by atoms with Crippen LogP contribution in [0.2, 0.25) is 0 Å². The van der Waals surface area contributed by atoms with Gasteiger partial charge in [0.15, 0.2) is 0 Å². The number of amides is 2. The number of nitrogens with one attached hydrogen (secondary N) is 2. The maximum Gasteiger partial charge on any atom is 0.343 e. The summed E-state index contributed by atoms with van der Waals surface area (Å²) in [5, 5.41) is 14.9. The van der Waals surface area contributed by atoms with Crippen molar-refractivity contribution in [3.63, 3.8) is 0 Å². The van der Waals surface area contributed by atoms with E-state index >= 15 is 0 Å². The maximum atomic E-state index is 12.5. The van der Waals surface area contributed by atoms with Crippen LogP contribution in [-0.4, -0.2) is 34.2 Å². The van der Waals surface area contributed by atoms with Gasteiger partial charge in [0.1, 0.15) is 10.8 Å². The van der Waals surface area contributed by atoms with E-state index in [1.807, 2.05) is 49.4 Å². The summed E-state index contributed by atoms with van der Waals surface area (Å²) in [6.45, 7) is 1.92. The summed E-state index contributed by atoms with van der Waals surface area (Å²) in [5.41, 5.74) is 4.81. The second-order valence-electron chi connectivity index (χ2n) is 7.37. The summed E-state index contributed by atoms with van der Waals surface area (Å²) in [5.74, 6) is -2.27.